The van der Waals surface area contributed by atoms with E-state index < -0.39 is 0 Å². The minimum atomic E-state index is -0.102. The molecule has 14 heavy (non-hydrogen) atoms. The van der Waals surface area contributed by atoms with Gasteiger partial charge in [-0.2, -0.15) is 0 Å². The number of carbonyl (C=O) groups excluding carboxylic acids is 1. The fourth-order valence-electron chi connectivity index (χ4n) is 1.08. The van der Waals surface area contributed by atoms with E-state index in [4.69, 9.17) is 11.6 Å². The van der Waals surface area contributed by atoms with Crippen molar-refractivity contribution in [3.05, 3.63) is 35.9 Å². The van der Waals surface area contributed by atoms with Crippen molar-refractivity contribution in [1.82, 2.24) is 4.90 Å². The summed E-state index contributed by atoms with van der Waals surface area (Å²) in [5.74, 6) is -0.102. The monoisotopic (exact) mass is 213 g/mol. The lowest BCUT2D eigenvalue weighted by Crippen LogP contribution is -2.31. The Labute approximate surface area is 90.5 Å². The summed E-state index contributed by atoms with van der Waals surface area (Å²) in [6.45, 7) is 12.2. The summed E-state index contributed by atoms with van der Waals surface area (Å²) in [4.78, 5) is 13.5. The molecule has 0 unspecified atom stereocenters. The third-order valence-electron chi connectivity index (χ3n) is 1.86. The number of carbonyl (C=O) groups is 1. The van der Waals surface area contributed by atoms with Gasteiger partial charge < -0.3 is 4.90 Å². The molecule has 3 heteroatoms. The molecule has 0 saturated heterocycles. The number of likely N-dealkylation sites (N-methyl/N-ethyl adjacent to an activating group) is 1. The Balaban J connectivity index is 4.85. The SMILES string of the molecule is C=C/C=C(\C(=C)Cl)C(=O)N(CC)CC. The smallest absolute Gasteiger partial charge is 0.255 e. The van der Waals surface area contributed by atoms with Crippen LogP contribution in [0.2, 0.25) is 0 Å². The third-order valence-corrected chi connectivity index (χ3v) is 2.06. The molecular weight excluding hydrogens is 198 g/mol. The van der Waals surface area contributed by atoms with Gasteiger partial charge in [0.15, 0.2) is 0 Å². The molecule has 2 nitrogen and oxygen atoms in total. The number of nitrogens with zero attached hydrogens (tertiary/aromatic N) is 1. The van der Waals surface area contributed by atoms with Gasteiger partial charge in [-0.15, -0.1) is 0 Å². The van der Waals surface area contributed by atoms with Gasteiger partial charge in [0.2, 0.25) is 0 Å². The van der Waals surface area contributed by atoms with Gasteiger partial charge in [0.25, 0.3) is 5.91 Å². The van der Waals surface area contributed by atoms with E-state index in [2.05, 4.69) is 13.2 Å². The highest BCUT2D eigenvalue weighted by molar-refractivity contribution is 6.35. The average Bonchev–Trinajstić information content (AvgIpc) is 2.15. The molecule has 0 N–H and O–H groups in total. The molecule has 0 saturated carbocycles. The van der Waals surface area contributed by atoms with Crippen molar-refractivity contribution in [2.24, 2.45) is 0 Å². The molecule has 0 atom stereocenters. The topological polar surface area (TPSA) is 20.3 Å². The van der Waals surface area contributed by atoms with E-state index in [9.17, 15) is 4.79 Å². The van der Waals surface area contributed by atoms with Gasteiger partial charge in [-0.05, 0) is 19.9 Å². The molecule has 0 bridgehead atoms. The summed E-state index contributed by atoms with van der Waals surface area (Å²) in [5, 5.41) is 0.252. The normalized spacial score (nSPS) is 10.9. The second-order valence-electron chi connectivity index (χ2n) is 2.70. The van der Waals surface area contributed by atoms with Gasteiger partial charge in [0.1, 0.15) is 0 Å². The van der Waals surface area contributed by atoms with Crippen LogP contribution in [0.5, 0.6) is 0 Å². The predicted molar refractivity (Wildman–Crippen MR) is 61.2 cm³/mol. The minimum absolute atomic E-state index is 0.102. The van der Waals surface area contributed by atoms with E-state index in [-0.39, 0.29) is 10.9 Å². The van der Waals surface area contributed by atoms with Crippen LogP contribution in [0, 0.1) is 0 Å². The molecule has 0 heterocycles. The Hall–Kier alpha value is -1.02. The minimum Gasteiger partial charge on any atom is -0.339 e. The molecule has 0 fully saturated rings. The number of allylic oxidation sites excluding steroid dienone is 2. The highest BCUT2D eigenvalue weighted by atomic mass is 35.5. The van der Waals surface area contributed by atoms with E-state index in [0.717, 1.165) is 0 Å². The molecule has 78 valence electrons. The van der Waals surface area contributed by atoms with E-state index in [1.807, 2.05) is 13.8 Å². The molecule has 0 rings (SSSR count). The van der Waals surface area contributed by atoms with Crippen LogP contribution in [0.25, 0.3) is 0 Å². The van der Waals surface area contributed by atoms with Gasteiger partial charge in [0, 0.05) is 18.1 Å². The molecule has 0 radical (unpaired) electrons. The molecular formula is C11H16ClNO. The maximum Gasteiger partial charge on any atom is 0.255 e. The molecule has 0 aliphatic rings. The van der Waals surface area contributed by atoms with E-state index in [0.29, 0.717) is 18.7 Å². The Kier molecular flexibility index (Phi) is 5.97. The van der Waals surface area contributed by atoms with E-state index in [1.165, 1.54) is 6.08 Å². The van der Waals surface area contributed by atoms with Crippen molar-refractivity contribution in [2.45, 2.75) is 13.8 Å². The van der Waals surface area contributed by atoms with Gasteiger partial charge in [-0.25, -0.2) is 0 Å². The maximum atomic E-state index is 11.8. The molecule has 1 amide bonds. The van der Waals surface area contributed by atoms with Crippen molar-refractivity contribution in [1.29, 1.82) is 0 Å². The van der Waals surface area contributed by atoms with Crippen LogP contribution < -0.4 is 0 Å². The number of amides is 1. The van der Waals surface area contributed by atoms with Crippen molar-refractivity contribution in [3.63, 3.8) is 0 Å². The first kappa shape index (κ1) is 13.0. The second kappa shape index (κ2) is 6.44. The lowest BCUT2D eigenvalue weighted by atomic mass is 10.2. The molecule has 0 spiro atoms. The zero-order valence-corrected chi connectivity index (χ0v) is 9.47. The summed E-state index contributed by atoms with van der Waals surface area (Å²) in [7, 11) is 0. The first-order valence-corrected chi connectivity index (χ1v) is 4.93. The van der Waals surface area contributed by atoms with Crippen LogP contribution in [0.4, 0.5) is 0 Å². The number of hydrogen-bond donors (Lipinski definition) is 0. The fourth-order valence-corrected chi connectivity index (χ4v) is 1.22. The van der Waals surface area contributed by atoms with Crippen molar-refractivity contribution >= 4 is 17.5 Å². The average molecular weight is 214 g/mol. The first-order valence-electron chi connectivity index (χ1n) is 4.55. The zero-order chi connectivity index (χ0) is 11.1. The van der Waals surface area contributed by atoms with Crippen LogP contribution in [0.1, 0.15) is 13.8 Å². The van der Waals surface area contributed by atoms with Gasteiger partial charge in [0.05, 0.1) is 5.57 Å². The van der Waals surface area contributed by atoms with Crippen molar-refractivity contribution < 1.29 is 4.79 Å². The largest absolute Gasteiger partial charge is 0.339 e. The quantitative estimate of drug-likeness (QED) is 0.508. The fraction of sp³-hybridized carbons (Fsp3) is 0.364. The van der Waals surface area contributed by atoms with Crippen LogP contribution in [-0.2, 0) is 4.79 Å². The Morgan fingerprint density at radius 2 is 1.93 bits per heavy atom. The standard InChI is InChI=1S/C11H16ClNO/c1-5-8-10(9(4)12)11(14)13(6-2)7-3/h5,8H,1,4,6-7H2,2-3H3/b10-8+. The summed E-state index contributed by atoms with van der Waals surface area (Å²) >= 11 is 5.72. The Morgan fingerprint density at radius 3 is 2.21 bits per heavy atom. The third kappa shape index (κ3) is 3.38. The van der Waals surface area contributed by atoms with Crippen molar-refractivity contribution in [2.75, 3.05) is 13.1 Å². The second-order valence-corrected chi connectivity index (χ2v) is 3.15. The zero-order valence-electron chi connectivity index (χ0n) is 8.72. The molecule has 0 aromatic rings. The number of rotatable bonds is 5. The first-order chi connectivity index (χ1) is 6.58. The van der Waals surface area contributed by atoms with Crippen LogP contribution in [-0.4, -0.2) is 23.9 Å². The highest BCUT2D eigenvalue weighted by Crippen LogP contribution is 2.15. The van der Waals surface area contributed by atoms with Crippen LogP contribution >= 0.6 is 11.6 Å². The van der Waals surface area contributed by atoms with E-state index >= 15 is 0 Å². The lowest BCUT2D eigenvalue weighted by molar-refractivity contribution is -0.126. The van der Waals surface area contributed by atoms with E-state index in [1.54, 1.807) is 11.0 Å². The number of hydrogen-bond acceptors (Lipinski definition) is 1. The Morgan fingerprint density at radius 1 is 1.43 bits per heavy atom. The molecule has 0 aliphatic heterocycles. The van der Waals surface area contributed by atoms with Gasteiger partial charge in [-0.3, -0.25) is 4.79 Å². The highest BCUT2D eigenvalue weighted by Gasteiger charge is 2.15. The lowest BCUT2D eigenvalue weighted by Gasteiger charge is -2.19. The summed E-state index contributed by atoms with van der Waals surface area (Å²) in [5.41, 5.74) is 0.408. The maximum absolute atomic E-state index is 11.8. The van der Waals surface area contributed by atoms with Crippen molar-refractivity contribution in [3.8, 4) is 0 Å². The van der Waals surface area contributed by atoms with Crippen LogP contribution in [0.15, 0.2) is 35.9 Å². The van der Waals surface area contributed by atoms with Gasteiger partial charge in [-0.1, -0.05) is 30.8 Å². The summed E-state index contributed by atoms with van der Waals surface area (Å²) in [6.07, 6.45) is 3.11. The number of halogens is 1. The Bertz CT molecular complexity index is 264. The van der Waals surface area contributed by atoms with Gasteiger partial charge >= 0.3 is 0 Å². The predicted octanol–water partition coefficient (Wildman–Crippen LogP) is 2.72. The molecule has 0 aromatic carbocycles. The summed E-state index contributed by atoms with van der Waals surface area (Å²) in [6, 6.07) is 0. The molecule has 0 aliphatic carbocycles. The molecule has 0 aromatic heterocycles. The summed E-state index contributed by atoms with van der Waals surface area (Å²) < 4.78 is 0. The van der Waals surface area contributed by atoms with Crippen LogP contribution in [0.3, 0.4) is 0 Å².